The van der Waals surface area contributed by atoms with E-state index in [1.54, 1.807) is 11.0 Å². The van der Waals surface area contributed by atoms with Crippen LogP contribution >= 0.6 is 0 Å². The number of ketones is 1. The topological polar surface area (TPSA) is 81.2 Å². The molecule has 8 aliphatic rings. The van der Waals surface area contributed by atoms with E-state index in [-0.39, 0.29) is 51.1 Å². The minimum atomic E-state index is -0.402. The fourth-order valence-electron chi connectivity index (χ4n) is 11.8. The smallest absolute Gasteiger partial charge is 0.312 e. The van der Waals surface area contributed by atoms with E-state index in [1.807, 2.05) is 25.9 Å². The van der Waals surface area contributed by atoms with Crippen molar-refractivity contribution in [2.24, 2.45) is 33.5 Å². The number of hydrogen-bond acceptors (Lipinski definition) is 5. The fraction of sp³-hybridized carbons (Fsp3) is 0.718. The summed E-state index contributed by atoms with van der Waals surface area (Å²) in [4.78, 5) is 46.6. The SMILES string of the molecule is CC1=C(O)C(=O)C=C2C1=CC=C1[C@@]2(C)CC[C@@]2(C)C3C[C@](C)(N(C)C(=O)C(=O)N(C)[C@H]4CN5CCC4CC5)CC[C@]3(C)CC[C@]12C. The summed E-state index contributed by atoms with van der Waals surface area (Å²) < 4.78 is 0. The number of carbonyl (C=O) groups excluding carboxylic acids is 3. The second-order valence-corrected chi connectivity index (χ2v) is 17.5. The molecule has 7 heteroatoms. The molecule has 0 aromatic rings. The molecule has 3 saturated carbocycles. The van der Waals surface area contributed by atoms with E-state index >= 15 is 0 Å². The molecule has 7 atom stereocenters. The van der Waals surface area contributed by atoms with Crippen molar-refractivity contribution in [3.05, 3.63) is 46.3 Å². The molecule has 5 aliphatic carbocycles. The van der Waals surface area contributed by atoms with Gasteiger partial charge in [0.1, 0.15) is 0 Å². The van der Waals surface area contributed by atoms with E-state index in [0.717, 1.165) is 88.6 Å². The zero-order chi connectivity index (χ0) is 33.2. The Hall–Kier alpha value is -2.67. The third kappa shape index (κ3) is 4.15. The number of aliphatic hydroxyl groups excluding tert-OH is 1. The van der Waals surface area contributed by atoms with E-state index in [0.29, 0.717) is 17.4 Å². The maximum Gasteiger partial charge on any atom is 0.312 e. The van der Waals surface area contributed by atoms with Crippen molar-refractivity contribution >= 4 is 17.6 Å². The summed E-state index contributed by atoms with van der Waals surface area (Å²) in [5.41, 5.74) is 3.56. The Balaban J connectivity index is 1.18. The zero-order valence-corrected chi connectivity index (χ0v) is 29.5. The zero-order valence-electron chi connectivity index (χ0n) is 29.5. The van der Waals surface area contributed by atoms with Crippen LogP contribution in [0.3, 0.4) is 0 Å². The number of fused-ring (bicyclic) bond motifs is 10. The predicted octanol–water partition coefficient (Wildman–Crippen LogP) is 6.38. The van der Waals surface area contributed by atoms with E-state index in [9.17, 15) is 19.5 Å². The molecule has 2 bridgehead atoms. The average molecular weight is 630 g/mol. The van der Waals surface area contributed by atoms with Crippen molar-refractivity contribution in [3.63, 3.8) is 0 Å². The summed E-state index contributed by atoms with van der Waals surface area (Å²) in [5, 5.41) is 10.5. The maximum absolute atomic E-state index is 14.0. The molecular weight excluding hydrogens is 574 g/mol. The Morgan fingerprint density at radius 3 is 2.24 bits per heavy atom. The van der Waals surface area contributed by atoms with Crippen molar-refractivity contribution < 1.29 is 19.5 Å². The van der Waals surface area contributed by atoms with Gasteiger partial charge in [0.05, 0.1) is 0 Å². The van der Waals surface area contributed by atoms with E-state index in [4.69, 9.17) is 0 Å². The molecule has 0 spiro atoms. The summed E-state index contributed by atoms with van der Waals surface area (Å²) in [7, 11) is 3.72. The molecule has 0 aromatic carbocycles. The molecule has 3 saturated heterocycles. The number of carbonyl (C=O) groups is 3. The van der Waals surface area contributed by atoms with Crippen molar-refractivity contribution in [1.82, 2.24) is 14.7 Å². The highest BCUT2D eigenvalue weighted by atomic mass is 16.3. The Kier molecular flexibility index (Phi) is 7.05. The van der Waals surface area contributed by atoms with E-state index in [1.165, 1.54) is 5.57 Å². The lowest BCUT2D eigenvalue weighted by Gasteiger charge is -2.70. The Morgan fingerprint density at radius 1 is 0.913 bits per heavy atom. The van der Waals surface area contributed by atoms with Crippen LogP contribution in [-0.2, 0) is 14.4 Å². The van der Waals surface area contributed by atoms with Crippen molar-refractivity contribution in [2.75, 3.05) is 33.7 Å². The van der Waals surface area contributed by atoms with Gasteiger partial charge < -0.3 is 19.8 Å². The van der Waals surface area contributed by atoms with Crippen LogP contribution in [0.1, 0.15) is 99.3 Å². The van der Waals surface area contributed by atoms with Crippen LogP contribution in [-0.4, -0.2) is 82.7 Å². The van der Waals surface area contributed by atoms with Crippen LogP contribution in [0.2, 0.25) is 0 Å². The highest BCUT2D eigenvalue weighted by Gasteiger charge is 2.67. The van der Waals surface area contributed by atoms with Gasteiger partial charge in [-0.2, -0.15) is 0 Å². The number of allylic oxidation sites excluding steroid dienone is 7. The average Bonchev–Trinajstić information content (AvgIpc) is 3.05. The normalized spacial score (nSPS) is 44.5. The maximum atomic E-state index is 14.0. The molecule has 3 heterocycles. The molecule has 250 valence electrons. The second kappa shape index (κ2) is 10.2. The van der Waals surface area contributed by atoms with Gasteiger partial charge in [-0.05, 0) is 130 Å². The largest absolute Gasteiger partial charge is 0.504 e. The second-order valence-electron chi connectivity index (χ2n) is 17.5. The molecule has 6 fully saturated rings. The lowest BCUT2D eigenvalue weighted by Crippen LogP contribution is -2.65. The first-order chi connectivity index (χ1) is 21.5. The number of likely N-dealkylation sites (N-methyl/N-ethyl adjacent to an activating group) is 2. The van der Waals surface area contributed by atoms with Crippen LogP contribution in [0.5, 0.6) is 0 Å². The molecule has 0 aromatic heterocycles. The monoisotopic (exact) mass is 629 g/mol. The van der Waals surface area contributed by atoms with Gasteiger partial charge in [-0.25, -0.2) is 0 Å². The van der Waals surface area contributed by atoms with Crippen molar-refractivity contribution in [1.29, 1.82) is 0 Å². The van der Waals surface area contributed by atoms with Gasteiger partial charge >= 0.3 is 11.8 Å². The van der Waals surface area contributed by atoms with E-state index < -0.39 is 5.54 Å². The Bertz CT molecular complexity index is 1530. The molecule has 0 radical (unpaired) electrons. The van der Waals surface area contributed by atoms with Gasteiger partial charge in [0, 0.05) is 43.2 Å². The lowest BCUT2D eigenvalue weighted by atomic mass is 9.35. The standard InChI is InChI=1S/C39H55N3O4/c1-24-26-9-10-30-37(4,27(26)21-29(43)32(24)44)16-18-39(6)31-22-36(3,15-13-35(31,2)14-17-38(30,39)5)41(8)34(46)33(45)40(7)28-23-42-19-11-25(28)12-20-42/h9-10,21,25,28,31,44H,11-20,22-23H2,1-8H3/t28-,31?,35+,36+,37-,38+,39-/m0/s1. The first-order valence-corrected chi connectivity index (χ1v) is 17.9. The van der Waals surface area contributed by atoms with Gasteiger partial charge in [-0.1, -0.05) is 45.4 Å². The van der Waals surface area contributed by atoms with Crippen molar-refractivity contribution in [2.45, 2.75) is 111 Å². The first kappa shape index (κ1) is 31.9. The van der Waals surface area contributed by atoms with Crippen LogP contribution in [0.15, 0.2) is 46.3 Å². The van der Waals surface area contributed by atoms with Crippen LogP contribution in [0.4, 0.5) is 0 Å². The molecule has 8 rings (SSSR count). The quantitative estimate of drug-likeness (QED) is 0.359. The van der Waals surface area contributed by atoms with Crippen LogP contribution < -0.4 is 0 Å². The van der Waals surface area contributed by atoms with Gasteiger partial charge in [0.2, 0.25) is 5.78 Å². The molecule has 7 nitrogen and oxygen atoms in total. The molecule has 1 N–H and O–H groups in total. The number of rotatable bonds is 2. The van der Waals surface area contributed by atoms with Gasteiger partial charge in [0.15, 0.2) is 5.76 Å². The first-order valence-electron chi connectivity index (χ1n) is 17.9. The Morgan fingerprint density at radius 2 is 1.59 bits per heavy atom. The minimum Gasteiger partial charge on any atom is -0.504 e. The highest BCUT2D eigenvalue weighted by Crippen LogP contribution is 2.75. The van der Waals surface area contributed by atoms with Crippen molar-refractivity contribution in [3.8, 4) is 0 Å². The number of piperidine rings is 3. The molecule has 2 amide bonds. The summed E-state index contributed by atoms with van der Waals surface area (Å²) >= 11 is 0. The number of amides is 2. The highest BCUT2D eigenvalue weighted by molar-refractivity contribution is 6.35. The predicted molar refractivity (Wildman–Crippen MR) is 180 cm³/mol. The van der Waals surface area contributed by atoms with E-state index in [2.05, 4.69) is 51.7 Å². The summed E-state index contributed by atoms with van der Waals surface area (Å²) in [6.07, 6.45) is 15.4. The van der Waals surface area contributed by atoms with Gasteiger partial charge in [-0.15, -0.1) is 0 Å². The van der Waals surface area contributed by atoms with Crippen LogP contribution in [0.25, 0.3) is 0 Å². The third-order valence-corrected chi connectivity index (χ3v) is 15.6. The van der Waals surface area contributed by atoms with Crippen LogP contribution in [0, 0.1) is 33.5 Å². The molecule has 46 heavy (non-hydrogen) atoms. The summed E-state index contributed by atoms with van der Waals surface area (Å²) in [6, 6.07) is 0.125. The molecule has 1 unspecified atom stereocenters. The molecule has 3 aliphatic heterocycles. The molecular formula is C39H55N3O4. The third-order valence-electron chi connectivity index (χ3n) is 15.6. The fourth-order valence-corrected chi connectivity index (χ4v) is 11.8. The Labute approximate surface area is 275 Å². The summed E-state index contributed by atoms with van der Waals surface area (Å²) in [5.74, 6) is -0.266. The lowest BCUT2D eigenvalue weighted by molar-refractivity contribution is -0.174. The van der Waals surface area contributed by atoms with Gasteiger partial charge in [-0.3, -0.25) is 14.4 Å². The number of aliphatic hydroxyl groups is 1. The summed E-state index contributed by atoms with van der Waals surface area (Å²) in [6.45, 7) is 16.9. The minimum absolute atomic E-state index is 0.00884. The van der Waals surface area contributed by atoms with Gasteiger partial charge in [0.25, 0.3) is 0 Å². The number of nitrogens with zero attached hydrogens (tertiary/aromatic N) is 3. The number of hydrogen-bond donors (Lipinski definition) is 1.